The van der Waals surface area contributed by atoms with Gasteiger partial charge in [0.15, 0.2) is 0 Å². The molecule has 0 bridgehead atoms. The standard InChI is InChI=1S/C9H16ClN3O/c1-6-7(8(10)13(4)12-6)9(2,3)5-14-11/h5,11H2,1-4H3. The summed E-state index contributed by atoms with van der Waals surface area (Å²) in [4.78, 5) is 4.68. The second kappa shape index (κ2) is 3.88. The molecule has 80 valence electrons. The number of aryl methyl sites for hydroxylation is 2. The zero-order chi connectivity index (χ0) is 10.9. The molecule has 0 fully saturated rings. The summed E-state index contributed by atoms with van der Waals surface area (Å²) >= 11 is 6.14. The number of aromatic nitrogens is 2. The first kappa shape index (κ1) is 11.5. The first-order valence-corrected chi connectivity index (χ1v) is 4.79. The van der Waals surface area contributed by atoms with Crippen LogP contribution in [0.2, 0.25) is 5.15 Å². The molecule has 1 rings (SSSR count). The van der Waals surface area contributed by atoms with Crippen molar-refractivity contribution in [1.82, 2.24) is 9.78 Å². The Hall–Kier alpha value is -0.580. The van der Waals surface area contributed by atoms with E-state index in [1.165, 1.54) is 0 Å². The molecule has 0 radical (unpaired) electrons. The van der Waals surface area contributed by atoms with E-state index in [2.05, 4.69) is 9.94 Å². The molecule has 0 unspecified atom stereocenters. The number of halogens is 1. The fourth-order valence-corrected chi connectivity index (χ4v) is 2.11. The van der Waals surface area contributed by atoms with E-state index in [1.807, 2.05) is 27.8 Å². The van der Waals surface area contributed by atoms with Crippen LogP contribution in [-0.4, -0.2) is 16.4 Å². The zero-order valence-corrected chi connectivity index (χ0v) is 9.72. The minimum atomic E-state index is -0.218. The Bertz CT molecular complexity index is 333. The third-order valence-electron chi connectivity index (χ3n) is 2.27. The maximum Gasteiger partial charge on any atom is 0.130 e. The monoisotopic (exact) mass is 217 g/mol. The normalized spacial score (nSPS) is 12.1. The van der Waals surface area contributed by atoms with Crippen LogP contribution in [0.1, 0.15) is 25.1 Å². The molecule has 5 heteroatoms. The molecular weight excluding hydrogens is 202 g/mol. The second-order valence-electron chi connectivity index (χ2n) is 4.07. The summed E-state index contributed by atoms with van der Waals surface area (Å²) in [5, 5.41) is 4.89. The predicted molar refractivity (Wildman–Crippen MR) is 56.1 cm³/mol. The van der Waals surface area contributed by atoms with Gasteiger partial charge in [-0.05, 0) is 6.92 Å². The van der Waals surface area contributed by atoms with Crippen LogP contribution in [0, 0.1) is 6.92 Å². The number of hydrogen-bond donors (Lipinski definition) is 1. The Morgan fingerprint density at radius 3 is 2.50 bits per heavy atom. The van der Waals surface area contributed by atoms with Crippen LogP contribution < -0.4 is 5.90 Å². The summed E-state index contributed by atoms with van der Waals surface area (Å²) in [5.41, 5.74) is 1.69. The van der Waals surface area contributed by atoms with Crippen molar-refractivity contribution in [3.8, 4) is 0 Å². The van der Waals surface area contributed by atoms with E-state index in [-0.39, 0.29) is 5.41 Å². The molecule has 0 aliphatic carbocycles. The van der Waals surface area contributed by atoms with Crippen molar-refractivity contribution in [3.63, 3.8) is 0 Å². The van der Waals surface area contributed by atoms with E-state index in [0.717, 1.165) is 11.3 Å². The van der Waals surface area contributed by atoms with Gasteiger partial charge in [0.25, 0.3) is 0 Å². The van der Waals surface area contributed by atoms with Gasteiger partial charge in [0, 0.05) is 18.0 Å². The first-order chi connectivity index (χ1) is 6.40. The van der Waals surface area contributed by atoms with Gasteiger partial charge >= 0.3 is 0 Å². The zero-order valence-electron chi connectivity index (χ0n) is 8.97. The Kier molecular flexibility index (Phi) is 3.19. The van der Waals surface area contributed by atoms with Gasteiger partial charge in [-0.15, -0.1) is 0 Å². The summed E-state index contributed by atoms with van der Waals surface area (Å²) in [6, 6.07) is 0. The fraction of sp³-hybridized carbons (Fsp3) is 0.667. The Labute approximate surface area is 88.9 Å². The molecule has 0 atom stereocenters. The van der Waals surface area contributed by atoms with Gasteiger partial charge in [0.1, 0.15) is 5.15 Å². The van der Waals surface area contributed by atoms with E-state index in [0.29, 0.717) is 11.8 Å². The maximum atomic E-state index is 6.14. The summed E-state index contributed by atoms with van der Waals surface area (Å²) in [6.45, 7) is 6.39. The molecule has 14 heavy (non-hydrogen) atoms. The minimum Gasteiger partial charge on any atom is -0.304 e. The SMILES string of the molecule is Cc1nn(C)c(Cl)c1C(C)(C)CON. The van der Waals surface area contributed by atoms with E-state index in [9.17, 15) is 0 Å². The van der Waals surface area contributed by atoms with Gasteiger partial charge in [0.05, 0.1) is 12.3 Å². The van der Waals surface area contributed by atoms with Crippen LogP contribution >= 0.6 is 11.6 Å². The number of rotatable bonds is 3. The Morgan fingerprint density at radius 2 is 2.14 bits per heavy atom. The molecule has 1 heterocycles. The van der Waals surface area contributed by atoms with Gasteiger partial charge < -0.3 is 4.84 Å². The second-order valence-corrected chi connectivity index (χ2v) is 4.43. The molecular formula is C9H16ClN3O. The van der Waals surface area contributed by atoms with E-state index >= 15 is 0 Å². The maximum absolute atomic E-state index is 6.14. The first-order valence-electron chi connectivity index (χ1n) is 4.41. The third-order valence-corrected chi connectivity index (χ3v) is 2.71. The van der Waals surface area contributed by atoms with E-state index in [4.69, 9.17) is 17.5 Å². The molecule has 2 N–H and O–H groups in total. The molecule has 0 saturated carbocycles. The van der Waals surface area contributed by atoms with Crippen LogP contribution in [0.3, 0.4) is 0 Å². The number of nitrogens with zero attached hydrogens (tertiary/aromatic N) is 2. The summed E-state index contributed by atoms with van der Waals surface area (Å²) < 4.78 is 1.66. The van der Waals surface area contributed by atoms with Crippen LogP contribution in [0.25, 0.3) is 0 Å². The average molecular weight is 218 g/mol. The summed E-state index contributed by atoms with van der Waals surface area (Å²) in [6.07, 6.45) is 0. The molecule has 0 saturated heterocycles. The third kappa shape index (κ3) is 1.92. The minimum absolute atomic E-state index is 0.218. The predicted octanol–water partition coefficient (Wildman–Crippen LogP) is 1.55. The largest absolute Gasteiger partial charge is 0.304 e. The lowest BCUT2D eigenvalue weighted by molar-refractivity contribution is 0.0962. The molecule has 4 nitrogen and oxygen atoms in total. The van der Waals surface area contributed by atoms with Gasteiger partial charge in [-0.1, -0.05) is 25.4 Å². The lowest BCUT2D eigenvalue weighted by Gasteiger charge is -2.23. The van der Waals surface area contributed by atoms with Gasteiger partial charge in [0.2, 0.25) is 0 Å². The van der Waals surface area contributed by atoms with Crippen molar-refractivity contribution in [2.24, 2.45) is 12.9 Å². The highest BCUT2D eigenvalue weighted by Gasteiger charge is 2.28. The lowest BCUT2D eigenvalue weighted by Crippen LogP contribution is -2.27. The van der Waals surface area contributed by atoms with E-state index in [1.54, 1.807) is 4.68 Å². The lowest BCUT2D eigenvalue weighted by atomic mass is 9.86. The van der Waals surface area contributed by atoms with Crippen molar-refractivity contribution in [1.29, 1.82) is 0 Å². The van der Waals surface area contributed by atoms with Crippen molar-refractivity contribution in [3.05, 3.63) is 16.4 Å². The molecule has 0 spiro atoms. The topological polar surface area (TPSA) is 53.1 Å². The highest BCUT2D eigenvalue weighted by Crippen LogP contribution is 2.32. The molecule has 0 aromatic carbocycles. The van der Waals surface area contributed by atoms with Gasteiger partial charge in [-0.25, -0.2) is 5.90 Å². The van der Waals surface area contributed by atoms with Crippen LogP contribution in [0.5, 0.6) is 0 Å². The van der Waals surface area contributed by atoms with Crippen LogP contribution in [-0.2, 0) is 17.3 Å². The molecule has 0 aliphatic heterocycles. The van der Waals surface area contributed by atoms with Crippen molar-refractivity contribution >= 4 is 11.6 Å². The molecule has 0 amide bonds. The van der Waals surface area contributed by atoms with Gasteiger partial charge in [-0.3, -0.25) is 4.68 Å². The highest BCUT2D eigenvalue weighted by atomic mass is 35.5. The van der Waals surface area contributed by atoms with E-state index < -0.39 is 0 Å². The van der Waals surface area contributed by atoms with Crippen LogP contribution in [0.4, 0.5) is 0 Å². The summed E-state index contributed by atoms with van der Waals surface area (Å²) in [5.74, 6) is 5.09. The average Bonchev–Trinajstić information content (AvgIpc) is 2.26. The summed E-state index contributed by atoms with van der Waals surface area (Å²) in [7, 11) is 1.82. The molecule has 0 aliphatic rings. The molecule has 1 aromatic heterocycles. The Balaban J connectivity index is 3.17. The van der Waals surface area contributed by atoms with Gasteiger partial charge in [-0.2, -0.15) is 5.10 Å². The quantitative estimate of drug-likeness (QED) is 0.782. The number of hydrogen-bond acceptors (Lipinski definition) is 3. The molecule has 1 aromatic rings. The van der Waals surface area contributed by atoms with Crippen molar-refractivity contribution in [2.45, 2.75) is 26.2 Å². The number of nitrogens with two attached hydrogens (primary N) is 1. The van der Waals surface area contributed by atoms with Crippen molar-refractivity contribution in [2.75, 3.05) is 6.61 Å². The smallest absolute Gasteiger partial charge is 0.130 e. The Morgan fingerprint density at radius 1 is 1.57 bits per heavy atom. The van der Waals surface area contributed by atoms with Crippen molar-refractivity contribution < 1.29 is 4.84 Å². The fourth-order valence-electron chi connectivity index (χ4n) is 1.68. The highest BCUT2D eigenvalue weighted by molar-refractivity contribution is 6.30. The van der Waals surface area contributed by atoms with Crippen LogP contribution in [0.15, 0.2) is 0 Å².